The van der Waals surface area contributed by atoms with Gasteiger partial charge >= 0.3 is 0 Å². The Hall–Kier alpha value is -0.0400. The molecule has 0 aromatic heterocycles. The van der Waals surface area contributed by atoms with Gasteiger partial charge in [-0.2, -0.15) is 0 Å². The van der Waals surface area contributed by atoms with E-state index in [4.69, 9.17) is 0 Å². The molecule has 2 atom stereocenters. The first-order valence-corrected chi connectivity index (χ1v) is 4.98. The fourth-order valence-corrected chi connectivity index (χ4v) is 2.24. The van der Waals surface area contributed by atoms with E-state index in [2.05, 4.69) is 26.2 Å². The molecule has 1 fully saturated rings. The fourth-order valence-electron chi connectivity index (χ4n) is 2.24. The number of hydrogen-bond donors (Lipinski definition) is 1. The van der Waals surface area contributed by atoms with Crippen LogP contribution < -0.4 is 5.32 Å². The maximum atomic E-state index is 3.26. The highest BCUT2D eigenvalue weighted by molar-refractivity contribution is 4.91. The van der Waals surface area contributed by atoms with Crippen molar-refractivity contribution in [1.82, 2.24) is 5.32 Å². The van der Waals surface area contributed by atoms with Crippen LogP contribution in [-0.4, -0.2) is 13.6 Å². The molecule has 0 amide bonds. The predicted molar refractivity (Wildman–Crippen MR) is 49.6 cm³/mol. The maximum Gasteiger partial charge on any atom is -0.00207 e. The summed E-state index contributed by atoms with van der Waals surface area (Å²) in [7, 11) is 2.06. The van der Waals surface area contributed by atoms with E-state index in [1.165, 1.54) is 25.8 Å². The first-order valence-electron chi connectivity index (χ1n) is 4.98. The van der Waals surface area contributed by atoms with Crippen LogP contribution in [0.15, 0.2) is 0 Å². The molecule has 11 heavy (non-hydrogen) atoms. The topological polar surface area (TPSA) is 12.0 Å². The number of nitrogens with one attached hydrogen (secondary N) is 1. The first kappa shape index (κ1) is 9.05. The minimum Gasteiger partial charge on any atom is -0.319 e. The lowest BCUT2D eigenvalue weighted by Gasteiger charge is -2.10. The molecule has 1 rings (SSSR count). The van der Waals surface area contributed by atoms with Crippen molar-refractivity contribution in [1.29, 1.82) is 0 Å². The van der Waals surface area contributed by atoms with E-state index in [9.17, 15) is 0 Å². The van der Waals surface area contributed by atoms with Crippen LogP contribution in [-0.2, 0) is 0 Å². The van der Waals surface area contributed by atoms with Crippen molar-refractivity contribution in [3.63, 3.8) is 0 Å². The summed E-state index contributed by atoms with van der Waals surface area (Å²) in [5, 5.41) is 3.26. The second kappa shape index (κ2) is 4.10. The summed E-state index contributed by atoms with van der Waals surface area (Å²) < 4.78 is 0. The highest BCUT2D eigenvalue weighted by Crippen LogP contribution is 2.46. The Labute approximate surface area is 70.6 Å². The zero-order valence-corrected chi connectivity index (χ0v) is 8.06. The molecule has 1 heteroatoms. The zero-order chi connectivity index (χ0) is 8.27. The minimum absolute atomic E-state index is 1.00. The molecule has 0 heterocycles. The summed E-state index contributed by atoms with van der Waals surface area (Å²) >= 11 is 0. The number of rotatable bonds is 5. The molecule has 0 aromatic rings. The minimum atomic E-state index is 1.00. The van der Waals surface area contributed by atoms with E-state index in [1.54, 1.807) is 0 Å². The maximum absolute atomic E-state index is 3.26. The Morgan fingerprint density at radius 3 is 2.45 bits per heavy atom. The molecule has 1 aliphatic carbocycles. The van der Waals surface area contributed by atoms with Crippen molar-refractivity contribution in [2.24, 2.45) is 17.8 Å². The molecule has 0 bridgehead atoms. The highest BCUT2D eigenvalue weighted by atomic mass is 14.8. The van der Waals surface area contributed by atoms with Crippen molar-refractivity contribution in [3.8, 4) is 0 Å². The quantitative estimate of drug-likeness (QED) is 0.642. The van der Waals surface area contributed by atoms with Gasteiger partial charge in [-0.05, 0) is 37.8 Å². The van der Waals surface area contributed by atoms with Gasteiger partial charge in [-0.1, -0.05) is 26.7 Å². The molecule has 2 unspecified atom stereocenters. The molecule has 1 aliphatic rings. The molecule has 66 valence electrons. The molecular formula is C10H21N. The Bertz CT molecular complexity index is 107. The molecule has 1 N–H and O–H groups in total. The predicted octanol–water partition coefficient (Wildman–Crippen LogP) is 2.28. The first-order chi connectivity index (χ1) is 5.33. The molecule has 0 spiro atoms. The molecule has 0 radical (unpaired) electrons. The van der Waals surface area contributed by atoms with Crippen LogP contribution in [0.5, 0.6) is 0 Å². The summed E-state index contributed by atoms with van der Waals surface area (Å²) in [5.74, 6) is 3.07. The lowest BCUT2D eigenvalue weighted by molar-refractivity contribution is 0.405. The summed E-state index contributed by atoms with van der Waals surface area (Å²) in [6.45, 7) is 5.88. The average Bonchev–Trinajstić information content (AvgIpc) is 2.72. The van der Waals surface area contributed by atoms with Crippen LogP contribution >= 0.6 is 0 Å². The van der Waals surface area contributed by atoms with E-state index >= 15 is 0 Å². The van der Waals surface area contributed by atoms with E-state index in [0.717, 1.165) is 17.8 Å². The van der Waals surface area contributed by atoms with E-state index < -0.39 is 0 Å². The highest BCUT2D eigenvalue weighted by Gasteiger charge is 2.40. The molecular weight excluding hydrogens is 134 g/mol. The normalized spacial score (nSPS) is 29.5. The Kier molecular flexibility index (Phi) is 3.38. The van der Waals surface area contributed by atoms with Crippen molar-refractivity contribution in [2.45, 2.75) is 33.1 Å². The number of hydrogen-bond acceptors (Lipinski definition) is 1. The summed E-state index contributed by atoms with van der Waals surface area (Å²) in [5.41, 5.74) is 0. The zero-order valence-electron chi connectivity index (χ0n) is 8.06. The van der Waals surface area contributed by atoms with Gasteiger partial charge in [-0.15, -0.1) is 0 Å². The lowest BCUT2D eigenvalue weighted by Crippen LogP contribution is -2.12. The van der Waals surface area contributed by atoms with Gasteiger partial charge in [0, 0.05) is 0 Å². The van der Waals surface area contributed by atoms with Gasteiger partial charge in [0.1, 0.15) is 0 Å². The van der Waals surface area contributed by atoms with E-state index in [1.807, 2.05) is 0 Å². The third-order valence-corrected chi connectivity index (χ3v) is 3.10. The van der Waals surface area contributed by atoms with E-state index in [-0.39, 0.29) is 0 Å². The largest absolute Gasteiger partial charge is 0.319 e. The Morgan fingerprint density at radius 2 is 2.00 bits per heavy atom. The Balaban J connectivity index is 2.18. The van der Waals surface area contributed by atoms with Gasteiger partial charge < -0.3 is 5.32 Å². The van der Waals surface area contributed by atoms with Crippen LogP contribution in [0.2, 0.25) is 0 Å². The van der Waals surface area contributed by atoms with Gasteiger partial charge in [0.15, 0.2) is 0 Å². The molecule has 1 nitrogen and oxygen atoms in total. The van der Waals surface area contributed by atoms with Crippen LogP contribution in [0.4, 0.5) is 0 Å². The fraction of sp³-hybridized carbons (Fsp3) is 1.00. The summed E-state index contributed by atoms with van der Waals surface area (Å²) in [4.78, 5) is 0. The summed E-state index contributed by atoms with van der Waals surface area (Å²) in [6, 6.07) is 0. The smallest absolute Gasteiger partial charge is 0.00207 e. The van der Waals surface area contributed by atoms with Gasteiger partial charge in [0.25, 0.3) is 0 Å². The lowest BCUT2D eigenvalue weighted by atomic mass is 9.96. The third kappa shape index (κ3) is 2.19. The van der Waals surface area contributed by atoms with Crippen LogP contribution in [0.1, 0.15) is 33.1 Å². The second-order valence-electron chi connectivity index (χ2n) is 3.79. The van der Waals surface area contributed by atoms with Crippen LogP contribution in [0.25, 0.3) is 0 Å². The average molecular weight is 155 g/mol. The Morgan fingerprint density at radius 1 is 1.36 bits per heavy atom. The SMILES string of the molecule is CCC(CC)C1CC1CNC. The molecule has 0 aliphatic heterocycles. The van der Waals surface area contributed by atoms with E-state index in [0.29, 0.717) is 0 Å². The molecule has 1 saturated carbocycles. The molecule has 0 saturated heterocycles. The van der Waals surface area contributed by atoms with Crippen molar-refractivity contribution >= 4 is 0 Å². The van der Waals surface area contributed by atoms with Gasteiger partial charge in [0.05, 0.1) is 0 Å². The van der Waals surface area contributed by atoms with Crippen molar-refractivity contribution < 1.29 is 0 Å². The monoisotopic (exact) mass is 155 g/mol. The third-order valence-electron chi connectivity index (χ3n) is 3.10. The van der Waals surface area contributed by atoms with Crippen molar-refractivity contribution in [2.75, 3.05) is 13.6 Å². The standard InChI is InChI=1S/C10H21N/c1-4-8(5-2)10-6-9(10)7-11-3/h8-11H,4-7H2,1-3H3. The van der Waals surface area contributed by atoms with Crippen molar-refractivity contribution in [3.05, 3.63) is 0 Å². The van der Waals surface area contributed by atoms with Crippen LogP contribution in [0.3, 0.4) is 0 Å². The second-order valence-corrected chi connectivity index (χ2v) is 3.79. The molecule has 0 aromatic carbocycles. The van der Waals surface area contributed by atoms with Gasteiger partial charge in [0.2, 0.25) is 0 Å². The van der Waals surface area contributed by atoms with Gasteiger partial charge in [-0.25, -0.2) is 0 Å². The van der Waals surface area contributed by atoms with Crippen LogP contribution in [0, 0.1) is 17.8 Å². The van der Waals surface area contributed by atoms with Gasteiger partial charge in [-0.3, -0.25) is 0 Å². The summed E-state index contributed by atoms with van der Waals surface area (Å²) in [6.07, 6.45) is 4.23.